The number of hydrogen-bond acceptors (Lipinski definition) is 4. The average Bonchev–Trinajstić information content (AvgIpc) is 2.69. The Hall–Kier alpha value is -1.69. The van der Waals surface area contributed by atoms with E-state index >= 15 is 0 Å². The number of nitrogens with two attached hydrogens (primary N) is 1. The van der Waals surface area contributed by atoms with E-state index in [2.05, 4.69) is 15.3 Å². The lowest BCUT2D eigenvalue weighted by atomic mass is 10.1. The highest BCUT2D eigenvalue weighted by molar-refractivity contribution is 5.87. The fraction of sp³-hybridized carbons (Fsp3) is 0.500. The highest BCUT2D eigenvalue weighted by Crippen LogP contribution is 2.00. The third-order valence-corrected chi connectivity index (χ3v) is 2.18. The number of nitrogens with zero attached hydrogens (tertiary/aromatic N) is 1. The predicted molar refractivity (Wildman–Crippen MR) is 58.6 cm³/mol. The Morgan fingerprint density at radius 3 is 2.88 bits per heavy atom. The molecule has 1 aromatic rings. The molecule has 1 amide bonds. The number of carbonyl (C=O) groups is 2. The van der Waals surface area contributed by atoms with Crippen molar-refractivity contribution in [3.63, 3.8) is 0 Å². The largest absolute Gasteiger partial charge is 0.348 e. The van der Waals surface area contributed by atoms with Crippen molar-refractivity contribution in [1.29, 1.82) is 0 Å². The van der Waals surface area contributed by atoms with Crippen molar-refractivity contribution in [2.45, 2.75) is 25.8 Å². The van der Waals surface area contributed by atoms with Crippen LogP contribution >= 0.6 is 0 Å². The van der Waals surface area contributed by atoms with E-state index in [1.54, 1.807) is 6.20 Å². The molecular formula is C10H16N4O2. The molecule has 1 aromatic heterocycles. The summed E-state index contributed by atoms with van der Waals surface area (Å²) in [5, 5.41) is 2.64. The van der Waals surface area contributed by atoms with Gasteiger partial charge in [0.2, 0.25) is 5.91 Å². The van der Waals surface area contributed by atoms with Gasteiger partial charge in [0, 0.05) is 31.3 Å². The Morgan fingerprint density at radius 2 is 2.38 bits per heavy atom. The summed E-state index contributed by atoms with van der Waals surface area (Å²) >= 11 is 0. The lowest BCUT2D eigenvalue weighted by Crippen LogP contribution is -2.42. The van der Waals surface area contributed by atoms with Crippen LogP contribution in [0.15, 0.2) is 12.5 Å². The Bertz CT molecular complexity index is 348. The zero-order valence-corrected chi connectivity index (χ0v) is 9.19. The molecule has 0 aliphatic rings. The lowest BCUT2D eigenvalue weighted by molar-refractivity contribution is -0.126. The first kappa shape index (κ1) is 12.4. The molecular weight excluding hydrogens is 208 g/mol. The van der Waals surface area contributed by atoms with Crippen LogP contribution in [0.4, 0.5) is 0 Å². The number of aromatic amines is 1. The van der Waals surface area contributed by atoms with Gasteiger partial charge in [0.15, 0.2) is 5.78 Å². The molecule has 16 heavy (non-hydrogen) atoms. The van der Waals surface area contributed by atoms with Gasteiger partial charge in [-0.2, -0.15) is 0 Å². The minimum atomic E-state index is -0.514. The van der Waals surface area contributed by atoms with Gasteiger partial charge in [-0.25, -0.2) is 4.98 Å². The van der Waals surface area contributed by atoms with Gasteiger partial charge < -0.3 is 16.0 Å². The van der Waals surface area contributed by atoms with Crippen LogP contribution < -0.4 is 11.1 Å². The van der Waals surface area contributed by atoms with Crippen molar-refractivity contribution in [2.75, 3.05) is 6.54 Å². The smallest absolute Gasteiger partial charge is 0.221 e. The third-order valence-electron chi connectivity index (χ3n) is 2.18. The van der Waals surface area contributed by atoms with E-state index in [0.29, 0.717) is 6.42 Å². The van der Waals surface area contributed by atoms with Gasteiger partial charge in [-0.3, -0.25) is 9.59 Å². The summed E-state index contributed by atoms with van der Waals surface area (Å²) in [5.74, 6) is -0.290. The van der Waals surface area contributed by atoms with Gasteiger partial charge >= 0.3 is 0 Å². The van der Waals surface area contributed by atoms with E-state index in [1.165, 1.54) is 13.3 Å². The molecule has 0 bridgehead atoms. The Kier molecular flexibility index (Phi) is 4.65. The van der Waals surface area contributed by atoms with Crippen LogP contribution in [0.3, 0.4) is 0 Å². The van der Waals surface area contributed by atoms with Gasteiger partial charge in [0.05, 0.1) is 12.4 Å². The monoisotopic (exact) mass is 224 g/mol. The van der Waals surface area contributed by atoms with E-state index < -0.39 is 6.04 Å². The van der Waals surface area contributed by atoms with E-state index in [9.17, 15) is 9.59 Å². The van der Waals surface area contributed by atoms with E-state index in [0.717, 1.165) is 5.69 Å². The average molecular weight is 224 g/mol. The Morgan fingerprint density at radius 1 is 1.62 bits per heavy atom. The number of aromatic nitrogens is 2. The molecule has 0 aliphatic carbocycles. The summed E-state index contributed by atoms with van der Waals surface area (Å²) in [6.07, 6.45) is 3.82. The van der Waals surface area contributed by atoms with E-state index in [-0.39, 0.29) is 24.7 Å². The SMILES string of the molecule is CC(=O)C(Cc1cnc[nH]1)NC(=O)CCN. The zero-order valence-electron chi connectivity index (χ0n) is 9.19. The Labute approximate surface area is 93.6 Å². The van der Waals surface area contributed by atoms with Crippen LogP contribution in [-0.2, 0) is 16.0 Å². The van der Waals surface area contributed by atoms with Crippen molar-refractivity contribution >= 4 is 11.7 Å². The van der Waals surface area contributed by atoms with Crippen LogP contribution in [0.5, 0.6) is 0 Å². The standard InChI is InChI=1S/C10H16N4O2/c1-7(15)9(14-10(16)2-3-11)4-8-5-12-6-13-8/h5-6,9H,2-4,11H2,1H3,(H,12,13)(H,14,16). The fourth-order valence-electron chi connectivity index (χ4n) is 1.31. The molecule has 0 fully saturated rings. The van der Waals surface area contributed by atoms with Crippen LogP contribution in [0.1, 0.15) is 19.0 Å². The van der Waals surface area contributed by atoms with E-state index in [4.69, 9.17) is 5.73 Å². The number of hydrogen-bond donors (Lipinski definition) is 3. The number of imidazole rings is 1. The van der Waals surface area contributed by atoms with Gasteiger partial charge in [-0.15, -0.1) is 0 Å². The molecule has 0 radical (unpaired) electrons. The highest BCUT2D eigenvalue weighted by Gasteiger charge is 2.17. The number of rotatable bonds is 6. The summed E-state index contributed by atoms with van der Waals surface area (Å²) in [6.45, 7) is 1.73. The second-order valence-corrected chi connectivity index (χ2v) is 3.55. The first-order valence-electron chi connectivity index (χ1n) is 5.10. The zero-order chi connectivity index (χ0) is 12.0. The van der Waals surface area contributed by atoms with Crippen molar-refractivity contribution in [1.82, 2.24) is 15.3 Å². The third kappa shape index (κ3) is 3.82. The summed E-state index contributed by atoms with van der Waals surface area (Å²) in [6, 6.07) is -0.514. The van der Waals surface area contributed by atoms with Gasteiger partial charge in [0.1, 0.15) is 0 Å². The van der Waals surface area contributed by atoms with Crippen molar-refractivity contribution in [2.24, 2.45) is 5.73 Å². The molecule has 6 nitrogen and oxygen atoms in total. The molecule has 0 saturated carbocycles. The summed E-state index contributed by atoms with van der Waals surface area (Å²) in [4.78, 5) is 29.4. The second-order valence-electron chi connectivity index (χ2n) is 3.55. The fourth-order valence-corrected chi connectivity index (χ4v) is 1.31. The number of H-pyrrole nitrogens is 1. The van der Waals surface area contributed by atoms with Gasteiger partial charge in [0.25, 0.3) is 0 Å². The molecule has 4 N–H and O–H groups in total. The second kappa shape index (κ2) is 6.02. The molecule has 1 rings (SSSR count). The summed E-state index contributed by atoms with van der Waals surface area (Å²) in [5.41, 5.74) is 6.07. The molecule has 0 aromatic carbocycles. The molecule has 1 atom stereocenters. The van der Waals surface area contributed by atoms with Crippen LogP contribution in [0.2, 0.25) is 0 Å². The number of Topliss-reactive ketones (excluding diaryl/α,β-unsaturated/α-hetero) is 1. The maximum absolute atomic E-state index is 11.3. The number of ketones is 1. The molecule has 0 aliphatic heterocycles. The quantitative estimate of drug-likeness (QED) is 0.599. The molecule has 0 saturated heterocycles. The molecule has 88 valence electrons. The topological polar surface area (TPSA) is 101 Å². The Balaban J connectivity index is 2.54. The molecule has 6 heteroatoms. The van der Waals surface area contributed by atoms with Crippen molar-refractivity contribution in [3.05, 3.63) is 18.2 Å². The predicted octanol–water partition coefficient (Wildman–Crippen LogP) is -0.625. The van der Waals surface area contributed by atoms with Gasteiger partial charge in [-0.05, 0) is 6.92 Å². The van der Waals surface area contributed by atoms with Crippen LogP contribution in [0.25, 0.3) is 0 Å². The van der Waals surface area contributed by atoms with Gasteiger partial charge in [-0.1, -0.05) is 0 Å². The maximum atomic E-state index is 11.3. The maximum Gasteiger partial charge on any atom is 0.221 e. The highest BCUT2D eigenvalue weighted by atomic mass is 16.2. The number of amides is 1. The van der Waals surface area contributed by atoms with Crippen molar-refractivity contribution in [3.8, 4) is 0 Å². The van der Waals surface area contributed by atoms with Crippen molar-refractivity contribution < 1.29 is 9.59 Å². The minimum absolute atomic E-state index is 0.0834. The first-order chi connectivity index (χ1) is 7.63. The molecule has 0 spiro atoms. The van der Waals surface area contributed by atoms with Crippen LogP contribution in [0, 0.1) is 0 Å². The summed E-state index contributed by atoms with van der Waals surface area (Å²) < 4.78 is 0. The molecule has 1 heterocycles. The van der Waals surface area contributed by atoms with Crippen LogP contribution in [-0.4, -0.2) is 34.2 Å². The lowest BCUT2D eigenvalue weighted by Gasteiger charge is -2.14. The molecule has 1 unspecified atom stereocenters. The first-order valence-corrected chi connectivity index (χ1v) is 5.10. The number of nitrogens with one attached hydrogen (secondary N) is 2. The number of carbonyl (C=O) groups excluding carboxylic acids is 2. The normalized spacial score (nSPS) is 12.1. The minimum Gasteiger partial charge on any atom is -0.348 e. The summed E-state index contributed by atoms with van der Waals surface area (Å²) in [7, 11) is 0. The van der Waals surface area contributed by atoms with E-state index in [1.807, 2.05) is 0 Å².